The zero-order valence-electron chi connectivity index (χ0n) is 12.6. The molecule has 116 valence electrons. The van der Waals surface area contributed by atoms with Crippen LogP contribution in [0.2, 0.25) is 0 Å². The molecule has 1 aromatic heterocycles. The Balaban J connectivity index is 1.76. The van der Waals surface area contributed by atoms with E-state index in [4.69, 9.17) is 4.52 Å². The molecule has 0 radical (unpaired) electrons. The van der Waals surface area contributed by atoms with Gasteiger partial charge in [0.15, 0.2) is 5.82 Å². The number of nitrogens with zero attached hydrogens (tertiary/aromatic N) is 1. The Hall–Kier alpha value is -2.63. The Kier molecular flexibility index (Phi) is 5.30. The predicted octanol–water partition coefficient (Wildman–Crippen LogP) is 2.06. The van der Waals surface area contributed by atoms with E-state index in [0.29, 0.717) is 5.76 Å². The van der Waals surface area contributed by atoms with Gasteiger partial charge in [-0.2, -0.15) is 0 Å². The smallest absolute Gasteiger partial charge is 0.314 e. The summed E-state index contributed by atoms with van der Waals surface area (Å²) < 4.78 is 4.82. The average molecular weight is 301 g/mol. The number of anilines is 1. The Labute approximate surface area is 128 Å². The molecule has 0 aliphatic carbocycles. The fraction of sp³-hybridized carbons (Fsp3) is 0.312. The molecule has 0 aliphatic rings. The summed E-state index contributed by atoms with van der Waals surface area (Å²) in [4.78, 5) is 23.5. The number of aryl methyl sites for hydroxylation is 2. The SMILES string of the molecule is Cc1cc(NC(=O)C(=O)N[C@H](C)CCc2ccccc2)no1. The zero-order chi connectivity index (χ0) is 15.9. The predicted molar refractivity (Wildman–Crippen MR) is 82.2 cm³/mol. The van der Waals surface area contributed by atoms with Crippen molar-refractivity contribution >= 4 is 17.6 Å². The van der Waals surface area contributed by atoms with Gasteiger partial charge in [-0.3, -0.25) is 14.9 Å². The normalized spacial score (nSPS) is 11.7. The van der Waals surface area contributed by atoms with E-state index in [1.165, 1.54) is 5.56 Å². The third-order valence-electron chi connectivity index (χ3n) is 3.16. The first-order valence-corrected chi connectivity index (χ1v) is 7.13. The topological polar surface area (TPSA) is 84.2 Å². The summed E-state index contributed by atoms with van der Waals surface area (Å²) in [5, 5.41) is 8.66. The van der Waals surface area contributed by atoms with Gasteiger partial charge >= 0.3 is 11.8 Å². The fourth-order valence-corrected chi connectivity index (χ4v) is 1.99. The minimum absolute atomic E-state index is 0.0995. The van der Waals surface area contributed by atoms with Crippen molar-refractivity contribution in [2.45, 2.75) is 32.7 Å². The highest BCUT2D eigenvalue weighted by atomic mass is 16.5. The Morgan fingerprint density at radius 1 is 1.23 bits per heavy atom. The highest BCUT2D eigenvalue weighted by Gasteiger charge is 2.17. The third-order valence-corrected chi connectivity index (χ3v) is 3.16. The Morgan fingerprint density at radius 2 is 1.95 bits per heavy atom. The van der Waals surface area contributed by atoms with Crippen molar-refractivity contribution in [2.75, 3.05) is 5.32 Å². The molecule has 2 amide bonds. The summed E-state index contributed by atoms with van der Waals surface area (Å²) in [5.41, 5.74) is 1.20. The van der Waals surface area contributed by atoms with E-state index in [1.54, 1.807) is 13.0 Å². The van der Waals surface area contributed by atoms with Gasteiger partial charge in [-0.25, -0.2) is 0 Å². The van der Waals surface area contributed by atoms with Crippen LogP contribution in [0.25, 0.3) is 0 Å². The largest absolute Gasteiger partial charge is 0.360 e. The average Bonchev–Trinajstić information content (AvgIpc) is 2.91. The van der Waals surface area contributed by atoms with Crippen molar-refractivity contribution in [2.24, 2.45) is 0 Å². The lowest BCUT2D eigenvalue weighted by molar-refractivity contribution is -0.136. The number of carbonyl (C=O) groups is 2. The summed E-state index contributed by atoms with van der Waals surface area (Å²) in [6.45, 7) is 3.57. The molecular formula is C16H19N3O3. The van der Waals surface area contributed by atoms with E-state index in [1.807, 2.05) is 37.3 Å². The molecule has 0 unspecified atom stereocenters. The van der Waals surface area contributed by atoms with E-state index >= 15 is 0 Å². The van der Waals surface area contributed by atoms with Gasteiger partial charge in [-0.05, 0) is 32.3 Å². The van der Waals surface area contributed by atoms with Crippen LogP contribution in [0.4, 0.5) is 5.82 Å². The van der Waals surface area contributed by atoms with Crippen LogP contribution >= 0.6 is 0 Å². The van der Waals surface area contributed by atoms with Crippen molar-refractivity contribution in [1.29, 1.82) is 0 Å². The maximum atomic E-state index is 11.8. The molecule has 1 heterocycles. The molecule has 0 bridgehead atoms. The Bertz CT molecular complexity index is 637. The van der Waals surface area contributed by atoms with E-state index in [0.717, 1.165) is 12.8 Å². The second-order valence-corrected chi connectivity index (χ2v) is 5.18. The number of nitrogens with one attached hydrogen (secondary N) is 2. The molecule has 0 saturated carbocycles. The van der Waals surface area contributed by atoms with Crippen molar-refractivity contribution in [1.82, 2.24) is 10.5 Å². The monoisotopic (exact) mass is 301 g/mol. The third kappa shape index (κ3) is 4.73. The number of benzene rings is 1. The van der Waals surface area contributed by atoms with Crippen molar-refractivity contribution in [3.63, 3.8) is 0 Å². The first kappa shape index (κ1) is 15.8. The van der Waals surface area contributed by atoms with Crippen molar-refractivity contribution in [3.05, 3.63) is 47.7 Å². The van der Waals surface area contributed by atoms with Crippen LogP contribution in [-0.4, -0.2) is 23.0 Å². The summed E-state index contributed by atoms with van der Waals surface area (Å²) in [6.07, 6.45) is 1.60. The molecule has 0 saturated heterocycles. The molecule has 6 nitrogen and oxygen atoms in total. The minimum atomic E-state index is -0.750. The summed E-state index contributed by atoms with van der Waals surface area (Å²) in [7, 11) is 0. The van der Waals surface area contributed by atoms with Gasteiger partial charge in [0.05, 0.1) is 0 Å². The van der Waals surface area contributed by atoms with Gasteiger partial charge in [0, 0.05) is 12.1 Å². The molecule has 6 heteroatoms. The molecular weight excluding hydrogens is 282 g/mol. The lowest BCUT2D eigenvalue weighted by Gasteiger charge is -2.13. The van der Waals surface area contributed by atoms with Crippen LogP contribution in [0, 0.1) is 6.92 Å². The van der Waals surface area contributed by atoms with Gasteiger partial charge in [0.2, 0.25) is 0 Å². The summed E-state index contributed by atoms with van der Waals surface area (Å²) >= 11 is 0. The lowest BCUT2D eigenvalue weighted by Crippen LogP contribution is -2.40. The molecule has 1 atom stereocenters. The van der Waals surface area contributed by atoms with Crippen LogP contribution < -0.4 is 10.6 Å². The molecule has 0 spiro atoms. The fourth-order valence-electron chi connectivity index (χ4n) is 1.99. The Morgan fingerprint density at radius 3 is 2.59 bits per heavy atom. The van der Waals surface area contributed by atoms with Gasteiger partial charge in [-0.1, -0.05) is 35.5 Å². The van der Waals surface area contributed by atoms with Crippen LogP contribution in [-0.2, 0) is 16.0 Å². The van der Waals surface area contributed by atoms with Gasteiger partial charge in [0.25, 0.3) is 0 Å². The number of rotatable bonds is 5. The number of amides is 2. The molecule has 2 rings (SSSR count). The number of aromatic nitrogens is 1. The second kappa shape index (κ2) is 7.40. The van der Waals surface area contributed by atoms with Gasteiger partial charge in [0.1, 0.15) is 5.76 Å². The van der Waals surface area contributed by atoms with E-state index in [-0.39, 0.29) is 11.9 Å². The summed E-state index contributed by atoms with van der Waals surface area (Å²) in [5.74, 6) is -0.636. The molecule has 1 aromatic carbocycles. The molecule has 0 fully saturated rings. The molecule has 0 aliphatic heterocycles. The van der Waals surface area contributed by atoms with Crippen LogP contribution in [0.3, 0.4) is 0 Å². The van der Waals surface area contributed by atoms with Crippen LogP contribution in [0.15, 0.2) is 40.9 Å². The highest BCUT2D eigenvalue weighted by Crippen LogP contribution is 2.07. The van der Waals surface area contributed by atoms with E-state index < -0.39 is 11.8 Å². The maximum absolute atomic E-state index is 11.8. The summed E-state index contributed by atoms with van der Waals surface area (Å²) in [6, 6.07) is 11.4. The molecule has 2 N–H and O–H groups in total. The second-order valence-electron chi connectivity index (χ2n) is 5.18. The maximum Gasteiger partial charge on any atom is 0.314 e. The van der Waals surface area contributed by atoms with Crippen molar-refractivity contribution in [3.8, 4) is 0 Å². The highest BCUT2D eigenvalue weighted by molar-refractivity contribution is 6.39. The first-order chi connectivity index (χ1) is 10.5. The number of hydrogen-bond donors (Lipinski definition) is 2. The quantitative estimate of drug-likeness (QED) is 0.828. The lowest BCUT2D eigenvalue weighted by atomic mass is 10.1. The van der Waals surface area contributed by atoms with E-state index in [9.17, 15) is 9.59 Å². The van der Waals surface area contributed by atoms with Crippen LogP contribution in [0.5, 0.6) is 0 Å². The number of hydrogen-bond acceptors (Lipinski definition) is 4. The minimum Gasteiger partial charge on any atom is -0.360 e. The van der Waals surface area contributed by atoms with Crippen LogP contribution in [0.1, 0.15) is 24.7 Å². The molecule has 22 heavy (non-hydrogen) atoms. The standard InChI is InChI=1S/C16H19N3O3/c1-11(8-9-13-6-4-3-5-7-13)17-15(20)16(21)18-14-10-12(2)22-19-14/h3-7,10-11H,8-9H2,1-2H3,(H,17,20)(H,18,19,21)/t11-/m1/s1. The molecule has 2 aromatic rings. The van der Waals surface area contributed by atoms with Crippen molar-refractivity contribution < 1.29 is 14.1 Å². The van der Waals surface area contributed by atoms with Gasteiger partial charge < -0.3 is 9.84 Å². The first-order valence-electron chi connectivity index (χ1n) is 7.13. The number of carbonyl (C=O) groups excluding carboxylic acids is 2. The van der Waals surface area contributed by atoms with Gasteiger partial charge in [-0.15, -0.1) is 0 Å². The zero-order valence-corrected chi connectivity index (χ0v) is 12.6. The van der Waals surface area contributed by atoms with E-state index in [2.05, 4.69) is 15.8 Å².